The lowest BCUT2D eigenvalue weighted by atomic mass is 10.4. The van der Waals surface area contributed by atoms with Gasteiger partial charge in [0.05, 0.1) is 58.2 Å². The molecular formula is C9H19ClO5. The van der Waals surface area contributed by atoms with Crippen LogP contribution >= 0.6 is 11.6 Å². The van der Waals surface area contributed by atoms with Gasteiger partial charge in [0, 0.05) is 0 Å². The van der Waals surface area contributed by atoms with E-state index in [-0.39, 0.29) is 19.1 Å². The van der Waals surface area contributed by atoms with Gasteiger partial charge in [-0.05, 0) is 0 Å². The summed E-state index contributed by atoms with van der Waals surface area (Å²) in [6, 6.07) is 0. The Morgan fingerprint density at radius 1 is 0.933 bits per heavy atom. The molecule has 0 unspecified atom stereocenters. The molecule has 0 aliphatic carbocycles. The van der Waals surface area contributed by atoms with E-state index in [1.54, 1.807) is 0 Å². The van der Waals surface area contributed by atoms with Crippen molar-refractivity contribution in [1.82, 2.24) is 0 Å². The van der Waals surface area contributed by atoms with Gasteiger partial charge in [0.15, 0.2) is 0 Å². The molecular weight excluding hydrogens is 224 g/mol. The second-order valence-corrected chi connectivity index (χ2v) is 3.14. The van der Waals surface area contributed by atoms with E-state index in [4.69, 9.17) is 36.0 Å². The smallest absolute Gasteiger partial charge is 0.0908 e. The van der Waals surface area contributed by atoms with E-state index >= 15 is 0 Å². The van der Waals surface area contributed by atoms with Crippen molar-refractivity contribution >= 4 is 11.6 Å². The quantitative estimate of drug-likeness (QED) is 0.382. The fourth-order valence-electron chi connectivity index (χ4n) is 0.768. The van der Waals surface area contributed by atoms with Crippen LogP contribution in [0.15, 0.2) is 0 Å². The lowest BCUT2D eigenvalue weighted by molar-refractivity contribution is -0.00868. The van der Waals surface area contributed by atoms with Gasteiger partial charge in [0.25, 0.3) is 0 Å². The standard InChI is InChI=1S/C9H19ClO5/c10-7-9(12)8-15-6-5-14-4-3-13-2-1-11/h9,11-12H,1-8H2/t9-/m1/s1. The Kier molecular flexibility index (Phi) is 12.2. The van der Waals surface area contributed by atoms with Gasteiger partial charge in [-0.3, -0.25) is 0 Å². The molecule has 0 spiro atoms. The van der Waals surface area contributed by atoms with Crippen molar-refractivity contribution in [2.24, 2.45) is 0 Å². The topological polar surface area (TPSA) is 68.2 Å². The van der Waals surface area contributed by atoms with Crippen LogP contribution in [-0.2, 0) is 14.2 Å². The largest absolute Gasteiger partial charge is 0.394 e. The summed E-state index contributed by atoms with van der Waals surface area (Å²) in [4.78, 5) is 0. The maximum absolute atomic E-state index is 9.02. The highest BCUT2D eigenvalue weighted by molar-refractivity contribution is 6.18. The normalized spacial score (nSPS) is 13.0. The molecule has 2 N–H and O–H groups in total. The third kappa shape index (κ3) is 12.0. The van der Waals surface area contributed by atoms with Gasteiger partial charge in [-0.15, -0.1) is 11.6 Å². The van der Waals surface area contributed by atoms with Gasteiger partial charge < -0.3 is 24.4 Å². The minimum absolute atomic E-state index is 0.0272. The first-order valence-corrected chi connectivity index (χ1v) is 5.42. The molecule has 0 aromatic carbocycles. The highest BCUT2D eigenvalue weighted by Gasteiger charge is 2.00. The molecule has 5 nitrogen and oxygen atoms in total. The predicted molar refractivity (Wildman–Crippen MR) is 56.3 cm³/mol. The molecule has 0 fully saturated rings. The number of hydrogen-bond acceptors (Lipinski definition) is 5. The summed E-state index contributed by atoms with van der Waals surface area (Å²) < 4.78 is 15.2. The summed E-state index contributed by atoms with van der Waals surface area (Å²) in [7, 11) is 0. The van der Waals surface area contributed by atoms with Gasteiger partial charge in [-0.1, -0.05) is 0 Å². The van der Waals surface area contributed by atoms with Crippen LogP contribution in [0.5, 0.6) is 0 Å². The van der Waals surface area contributed by atoms with Crippen LogP contribution in [-0.4, -0.2) is 68.4 Å². The van der Waals surface area contributed by atoms with E-state index in [0.29, 0.717) is 33.0 Å². The summed E-state index contributed by atoms with van der Waals surface area (Å²) in [6.07, 6.45) is -0.612. The summed E-state index contributed by atoms with van der Waals surface area (Å²) in [5, 5.41) is 17.4. The first-order valence-electron chi connectivity index (χ1n) is 4.89. The number of ether oxygens (including phenoxy) is 3. The lowest BCUT2D eigenvalue weighted by Gasteiger charge is -2.08. The van der Waals surface area contributed by atoms with E-state index in [2.05, 4.69) is 0 Å². The zero-order valence-corrected chi connectivity index (χ0v) is 9.49. The summed E-state index contributed by atoms with van der Waals surface area (Å²) >= 11 is 5.36. The number of hydrogen-bond donors (Lipinski definition) is 2. The molecule has 0 rings (SSSR count). The van der Waals surface area contributed by atoms with Crippen molar-refractivity contribution < 1.29 is 24.4 Å². The van der Waals surface area contributed by atoms with Crippen molar-refractivity contribution in [1.29, 1.82) is 0 Å². The molecule has 1 atom stereocenters. The Labute approximate surface area is 94.9 Å². The number of alkyl halides is 1. The molecule has 0 aromatic rings. The highest BCUT2D eigenvalue weighted by Crippen LogP contribution is 1.89. The molecule has 0 saturated carbocycles. The fraction of sp³-hybridized carbons (Fsp3) is 1.00. The van der Waals surface area contributed by atoms with Gasteiger partial charge in [-0.25, -0.2) is 0 Å². The van der Waals surface area contributed by atoms with Crippen LogP contribution in [0.3, 0.4) is 0 Å². The molecule has 0 aliphatic heterocycles. The van der Waals surface area contributed by atoms with Crippen LogP contribution in [0.25, 0.3) is 0 Å². The Morgan fingerprint density at radius 3 is 2.00 bits per heavy atom. The molecule has 0 radical (unpaired) electrons. The molecule has 0 heterocycles. The van der Waals surface area contributed by atoms with E-state index in [0.717, 1.165) is 0 Å². The van der Waals surface area contributed by atoms with Crippen LogP contribution in [0.4, 0.5) is 0 Å². The molecule has 6 heteroatoms. The Balaban J connectivity index is 2.92. The Bertz CT molecular complexity index is 125. The molecule has 0 saturated heterocycles. The van der Waals surface area contributed by atoms with Crippen LogP contribution in [0, 0.1) is 0 Å². The lowest BCUT2D eigenvalue weighted by Crippen LogP contribution is -2.19. The average molecular weight is 243 g/mol. The van der Waals surface area contributed by atoms with Crippen molar-refractivity contribution in [3.63, 3.8) is 0 Å². The molecule has 0 aromatic heterocycles. The van der Waals surface area contributed by atoms with E-state index < -0.39 is 6.10 Å². The Morgan fingerprint density at radius 2 is 1.47 bits per heavy atom. The SMILES string of the molecule is OCCOCCOCCOC[C@H](O)CCl. The molecule has 0 amide bonds. The number of halogens is 1. The highest BCUT2D eigenvalue weighted by atomic mass is 35.5. The van der Waals surface area contributed by atoms with Crippen molar-refractivity contribution in [2.75, 3.05) is 52.1 Å². The molecule has 15 heavy (non-hydrogen) atoms. The number of rotatable bonds is 11. The first-order chi connectivity index (χ1) is 7.31. The fourth-order valence-corrected chi connectivity index (χ4v) is 0.857. The molecule has 92 valence electrons. The van der Waals surface area contributed by atoms with Crippen LogP contribution in [0.1, 0.15) is 0 Å². The summed E-state index contributed by atoms with van der Waals surface area (Å²) in [5.41, 5.74) is 0. The third-order valence-electron chi connectivity index (χ3n) is 1.47. The number of aliphatic hydroxyl groups excluding tert-OH is 2. The second kappa shape index (κ2) is 12.2. The van der Waals surface area contributed by atoms with Crippen molar-refractivity contribution in [3.05, 3.63) is 0 Å². The average Bonchev–Trinajstić information content (AvgIpc) is 2.26. The predicted octanol–water partition coefficient (Wildman–Crippen LogP) is -0.372. The zero-order chi connectivity index (χ0) is 11.4. The molecule has 0 bridgehead atoms. The van der Waals surface area contributed by atoms with Gasteiger partial charge >= 0.3 is 0 Å². The first kappa shape index (κ1) is 15.1. The zero-order valence-electron chi connectivity index (χ0n) is 8.73. The van der Waals surface area contributed by atoms with E-state index in [9.17, 15) is 0 Å². The summed E-state index contributed by atoms with van der Waals surface area (Å²) in [6.45, 7) is 2.41. The monoisotopic (exact) mass is 242 g/mol. The maximum Gasteiger partial charge on any atom is 0.0908 e. The minimum atomic E-state index is -0.612. The van der Waals surface area contributed by atoms with Crippen LogP contribution < -0.4 is 0 Å². The van der Waals surface area contributed by atoms with Gasteiger partial charge in [-0.2, -0.15) is 0 Å². The van der Waals surface area contributed by atoms with E-state index in [1.807, 2.05) is 0 Å². The minimum Gasteiger partial charge on any atom is -0.394 e. The molecule has 0 aliphatic rings. The van der Waals surface area contributed by atoms with Crippen LogP contribution in [0.2, 0.25) is 0 Å². The number of aliphatic hydroxyl groups is 2. The summed E-state index contributed by atoms with van der Waals surface area (Å²) in [5.74, 6) is 0.176. The Hall–Kier alpha value is 0.0900. The third-order valence-corrected chi connectivity index (χ3v) is 1.82. The van der Waals surface area contributed by atoms with Crippen molar-refractivity contribution in [2.45, 2.75) is 6.10 Å². The second-order valence-electron chi connectivity index (χ2n) is 2.83. The van der Waals surface area contributed by atoms with Gasteiger partial charge in [0.2, 0.25) is 0 Å². The van der Waals surface area contributed by atoms with E-state index in [1.165, 1.54) is 0 Å². The van der Waals surface area contributed by atoms with Crippen molar-refractivity contribution in [3.8, 4) is 0 Å². The van der Waals surface area contributed by atoms with Gasteiger partial charge in [0.1, 0.15) is 0 Å². The maximum atomic E-state index is 9.02.